The number of imidazole rings is 2. The summed E-state index contributed by atoms with van der Waals surface area (Å²) in [7, 11) is 2.01. The number of aryl methyl sites for hydroxylation is 2. The van der Waals surface area contributed by atoms with Gasteiger partial charge in [0.2, 0.25) is 0 Å². The topological polar surface area (TPSA) is 77.2 Å². The molecule has 2 aromatic carbocycles. The second kappa shape index (κ2) is 5.91. The molecule has 0 aliphatic rings. The van der Waals surface area contributed by atoms with E-state index in [9.17, 15) is 0 Å². The van der Waals surface area contributed by atoms with Crippen LogP contribution < -0.4 is 0 Å². The van der Waals surface area contributed by atoms with Crippen LogP contribution in [-0.4, -0.2) is 34.3 Å². The summed E-state index contributed by atoms with van der Waals surface area (Å²) < 4.78 is 4.10. The van der Waals surface area contributed by atoms with Crippen molar-refractivity contribution in [2.75, 3.05) is 0 Å². The Bertz CT molecular complexity index is 1240. The number of aromatic amines is 1. The second-order valence-electron chi connectivity index (χ2n) is 6.40. The molecule has 0 aliphatic heterocycles. The van der Waals surface area contributed by atoms with Crippen molar-refractivity contribution in [1.29, 1.82) is 0 Å². The predicted octanol–water partition coefficient (Wildman–Crippen LogP) is 3.52. The van der Waals surface area contributed by atoms with E-state index < -0.39 is 0 Å². The lowest BCUT2D eigenvalue weighted by molar-refractivity contribution is 0.923. The number of rotatable bonds is 3. The molecule has 3 heterocycles. The zero-order valence-corrected chi connectivity index (χ0v) is 15.0. The third kappa shape index (κ3) is 2.52. The average molecular weight is 355 g/mol. The van der Waals surface area contributed by atoms with Crippen molar-refractivity contribution in [2.45, 2.75) is 6.92 Å². The fourth-order valence-corrected chi connectivity index (χ4v) is 3.27. The summed E-state index contributed by atoms with van der Waals surface area (Å²) in [5, 5.41) is 7.08. The first-order chi connectivity index (χ1) is 13.2. The monoisotopic (exact) mass is 355 g/mol. The van der Waals surface area contributed by atoms with Crippen molar-refractivity contribution in [3.8, 4) is 28.7 Å². The summed E-state index contributed by atoms with van der Waals surface area (Å²) in [6, 6.07) is 16.2. The van der Waals surface area contributed by atoms with Crippen LogP contribution in [0, 0.1) is 6.92 Å². The molecule has 5 aromatic rings. The number of fused-ring (bicyclic) bond motifs is 1. The van der Waals surface area contributed by atoms with E-state index in [1.807, 2.05) is 67.2 Å². The molecule has 7 heteroatoms. The summed E-state index contributed by atoms with van der Waals surface area (Å²) >= 11 is 0. The van der Waals surface area contributed by atoms with Gasteiger partial charge in [0, 0.05) is 30.7 Å². The van der Waals surface area contributed by atoms with Crippen LogP contribution in [0.25, 0.3) is 39.8 Å². The summed E-state index contributed by atoms with van der Waals surface area (Å²) in [4.78, 5) is 13.7. The molecule has 3 aromatic heterocycles. The normalized spacial score (nSPS) is 11.3. The molecule has 7 nitrogen and oxygen atoms in total. The molecular weight excluding hydrogens is 338 g/mol. The molecule has 0 bridgehead atoms. The van der Waals surface area contributed by atoms with Gasteiger partial charge in [-0.05, 0) is 43.3 Å². The van der Waals surface area contributed by atoms with Crippen molar-refractivity contribution < 1.29 is 0 Å². The van der Waals surface area contributed by atoms with Crippen LogP contribution in [0.5, 0.6) is 0 Å². The van der Waals surface area contributed by atoms with Gasteiger partial charge in [0.25, 0.3) is 0 Å². The maximum atomic E-state index is 4.76. The van der Waals surface area contributed by atoms with Crippen LogP contribution in [0.1, 0.15) is 5.82 Å². The number of nitrogens with zero attached hydrogens (tertiary/aromatic N) is 6. The summed E-state index contributed by atoms with van der Waals surface area (Å²) in [6.45, 7) is 1.89. The van der Waals surface area contributed by atoms with E-state index in [0.29, 0.717) is 5.82 Å². The van der Waals surface area contributed by atoms with E-state index in [2.05, 4.69) is 30.8 Å². The number of para-hydroxylation sites is 2. The van der Waals surface area contributed by atoms with Crippen molar-refractivity contribution in [2.24, 2.45) is 7.05 Å². The minimum Gasteiger partial charge on any atom is -0.324 e. The van der Waals surface area contributed by atoms with Crippen molar-refractivity contribution in [3.63, 3.8) is 0 Å². The number of hydrogen-bond donors (Lipinski definition) is 1. The molecule has 1 N–H and O–H groups in total. The number of H-pyrrole nitrogens is 1. The first kappa shape index (κ1) is 15.5. The zero-order chi connectivity index (χ0) is 18.4. The first-order valence-corrected chi connectivity index (χ1v) is 8.66. The molecule has 0 aliphatic carbocycles. The Morgan fingerprint density at radius 2 is 1.74 bits per heavy atom. The second-order valence-corrected chi connectivity index (χ2v) is 6.40. The van der Waals surface area contributed by atoms with Crippen molar-refractivity contribution in [3.05, 3.63) is 66.7 Å². The standard InChI is InChI=1S/C20H17N7/c1-13-22-18(25-24-13)14-7-9-15(10-8-14)27-12-11-21-19(27)20-23-16-5-3-4-6-17(16)26(20)2/h3-12H,1-2H3,(H,22,24,25). The third-order valence-corrected chi connectivity index (χ3v) is 4.63. The smallest absolute Gasteiger partial charge is 0.181 e. The molecule has 0 unspecified atom stereocenters. The highest BCUT2D eigenvalue weighted by atomic mass is 15.2. The lowest BCUT2D eigenvalue weighted by atomic mass is 10.2. The number of aromatic nitrogens is 7. The van der Waals surface area contributed by atoms with Crippen LogP contribution in [0.2, 0.25) is 0 Å². The van der Waals surface area contributed by atoms with Crippen molar-refractivity contribution in [1.82, 2.24) is 34.3 Å². The van der Waals surface area contributed by atoms with E-state index >= 15 is 0 Å². The lowest BCUT2D eigenvalue weighted by Crippen LogP contribution is -2.01. The average Bonchev–Trinajstić information content (AvgIpc) is 3.41. The Kier molecular flexibility index (Phi) is 3.39. The minimum atomic E-state index is 0.695. The van der Waals surface area contributed by atoms with Gasteiger partial charge in [0.15, 0.2) is 17.5 Å². The number of nitrogens with one attached hydrogen (secondary N) is 1. The van der Waals surface area contributed by atoms with Gasteiger partial charge in [-0.1, -0.05) is 12.1 Å². The first-order valence-electron chi connectivity index (χ1n) is 8.66. The van der Waals surface area contributed by atoms with Gasteiger partial charge in [-0.2, -0.15) is 5.10 Å². The molecule has 0 amide bonds. The highest BCUT2D eigenvalue weighted by molar-refractivity contribution is 5.79. The third-order valence-electron chi connectivity index (χ3n) is 4.63. The Morgan fingerprint density at radius 1 is 0.926 bits per heavy atom. The van der Waals surface area contributed by atoms with E-state index in [4.69, 9.17) is 4.98 Å². The Balaban J connectivity index is 1.57. The van der Waals surface area contributed by atoms with Gasteiger partial charge in [-0.3, -0.25) is 9.67 Å². The van der Waals surface area contributed by atoms with Crippen LogP contribution in [0.15, 0.2) is 60.9 Å². The van der Waals surface area contributed by atoms with E-state index in [1.165, 1.54) is 0 Å². The molecule has 0 radical (unpaired) electrons. The summed E-state index contributed by atoms with van der Waals surface area (Å²) in [5.41, 5.74) is 4.01. The van der Waals surface area contributed by atoms with Gasteiger partial charge in [-0.25, -0.2) is 15.0 Å². The Hall–Kier alpha value is -3.74. The predicted molar refractivity (Wildman–Crippen MR) is 103 cm³/mol. The molecule has 0 saturated heterocycles. The summed E-state index contributed by atoms with van der Waals surface area (Å²) in [5.74, 6) is 3.12. The highest BCUT2D eigenvalue weighted by Crippen LogP contribution is 2.25. The van der Waals surface area contributed by atoms with Gasteiger partial charge < -0.3 is 4.57 Å². The molecule has 5 rings (SSSR count). The lowest BCUT2D eigenvalue weighted by Gasteiger charge is -2.08. The Labute approximate surface area is 155 Å². The largest absolute Gasteiger partial charge is 0.324 e. The highest BCUT2D eigenvalue weighted by Gasteiger charge is 2.15. The molecule has 0 spiro atoms. The van der Waals surface area contributed by atoms with Gasteiger partial charge >= 0.3 is 0 Å². The fourth-order valence-electron chi connectivity index (χ4n) is 3.27. The Morgan fingerprint density at radius 3 is 2.48 bits per heavy atom. The van der Waals surface area contributed by atoms with E-state index in [0.717, 1.165) is 39.8 Å². The van der Waals surface area contributed by atoms with Crippen LogP contribution in [-0.2, 0) is 7.05 Å². The van der Waals surface area contributed by atoms with Crippen molar-refractivity contribution >= 4 is 11.0 Å². The molecule has 27 heavy (non-hydrogen) atoms. The number of benzene rings is 2. The van der Waals surface area contributed by atoms with Gasteiger partial charge in [-0.15, -0.1) is 0 Å². The van der Waals surface area contributed by atoms with Crippen LogP contribution in [0.3, 0.4) is 0 Å². The maximum absolute atomic E-state index is 4.76. The minimum absolute atomic E-state index is 0.695. The molecule has 0 fully saturated rings. The maximum Gasteiger partial charge on any atom is 0.181 e. The van der Waals surface area contributed by atoms with Gasteiger partial charge in [0.1, 0.15) is 5.82 Å². The van der Waals surface area contributed by atoms with Crippen LogP contribution >= 0.6 is 0 Å². The van der Waals surface area contributed by atoms with E-state index in [-0.39, 0.29) is 0 Å². The fraction of sp³-hybridized carbons (Fsp3) is 0.100. The molecular formula is C20H17N7. The van der Waals surface area contributed by atoms with E-state index in [1.54, 1.807) is 6.20 Å². The molecule has 0 saturated carbocycles. The molecule has 132 valence electrons. The zero-order valence-electron chi connectivity index (χ0n) is 15.0. The SMILES string of the molecule is Cc1nc(-c2ccc(-n3ccnc3-c3nc4ccccc4n3C)cc2)n[nH]1. The summed E-state index contributed by atoms with van der Waals surface area (Å²) in [6.07, 6.45) is 3.74. The quantitative estimate of drug-likeness (QED) is 0.537. The van der Waals surface area contributed by atoms with Crippen LogP contribution in [0.4, 0.5) is 0 Å². The van der Waals surface area contributed by atoms with Gasteiger partial charge in [0.05, 0.1) is 11.0 Å². The number of hydrogen-bond acceptors (Lipinski definition) is 4. The molecule has 0 atom stereocenters.